The summed E-state index contributed by atoms with van der Waals surface area (Å²) < 4.78 is 5.21. The molecule has 0 radical (unpaired) electrons. The van der Waals surface area contributed by atoms with Gasteiger partial charge in [-0.05, 0) is 72.8 Å². The molecule has 10 heteroatoms. The molecule has 0 atom stereocenters. The number of amides is 1. The van der Waals surface area contributed by atoms with E-state index in [1.807, 2.05) is 12.1 Å². The van der Waals surface area contributed by atoms with E-state index in [4.69, 9.17) is 15.6 Å². The molecule has 34 heavy (non-hydrogen) atoms. The highest BCUT2D eigenvalue weighted by Gasteiger charge is 2.11. The van der Waals surface area contributed by atoms with Gasteiger partial charge in [0.15, 0.2) is 5.82 Å². The lowest BCUT2D eigenvalue weighted by Crippen LogP contribution is -2.10. The molecule has 0 saturated carbocycles. The number of aromatic carboxylic acids is 1. The number of anilines is 4. The molecule has 4 rings (SSSR count). The zero-order valence-electron chi connectivity index (χ0n) is 18.0. The highest BCUT2D eigenvalue weighted by Crippen LogP contribution is 2.24. The summed E-state index contributed by atoms with van der Waals surface area (Å²) in [5.41, 5.74) is 7.84. The van der Waals surface area contributed by atoms with Crippen molar-refractivity contribution in [3.63, 3.8) is 0 Å². The normalized spacial score (nSPS) is 10.4. The van der Waals surface area contributed by atoms with Gasteiger partial charge < -0.3 is 26.2 Å². The van der Waals surface area contributed by atoms with Crippen molar-refractivity contribution < 1.29 is 19.4 Å². The number of ether oxygens (including phenoxy) is 1. The van der Waals surface area contributed by atoms with Crippen LogP contribution in [0.25, 0.3) is 11.4 Å². The van der Waals surface area contributed by atoms with Gasteiger partial charge >= 0.3 is 5.97 Å². The van der Waals surface area contributed by atoms with Gasteiger partial charge in [0.05, 0.1) is 12.7 Å². The van der Waals surface area contributed by atoms with Crippen LogP contribution < -0.4 is 21.1 Å². The van der Waals surface area contributed by atoms with E-state index in [-0.39, 0.29) is 17.5 Å². The molecular formula is C24H20N6O4. The summed E-state index contributed by atoms with van der Waals surface area (Å²) in [5.74, 6) is 0.0785. The van der Waals surface area contributed by atoms with Gasteiger partial charge in [0, 0.05) is 22.5 Å². The number of nitrogens with zero attached hydrogens (tertiary/aromatic N) is 3. The number of carboxylic acid groups (broad SMARTS) is 1. The molecule has 0 aliphatic rings. The Morgan fingerprint density at radius 2 is 1.26 bits per heavy atom. The number of rotatable bonds is 8. The van der Waals surface area contributed by atoms with Crippen LogP contribution >= 0.6 is 0 Å². The molecule has 1 amide bonds. The van der Waals surface area contributed by atoms with Crippen LogP contribution in [0.3, 0.4) is 0 Å². The number of primary amides is 1. The molecule has 0 unspecified atom stereocenters. The summed E-state index contributed by atoms with van der Waals surface area (Å²) in [6.45, 7) is 0. The molecule has 0 spiro atoms. The zero-order chi connectivity index (χ0) is 24.1. The first-order valence-corrected chi connectivity index (χ1v) is 10.1. The molecule has 1 heterocycles. The number of nitrogens with one attached hydrogen (secondary N) is 2. The average Bonchev–Trinajstić information content (AvgIpc) is 2.84. The van der Waals surface area contributed by atoms with Crippen molar-refractivity contribution in [3.05, 3.63) is 83.9 Å². The van der Waals surface area contributed by atoms with E-state index in [1.54, 1.807) is 55.6 Å². The van der Waals surface area contributed by atoms with Gasteiger partial charge in [-0.1, -0.05) is 0 Å². The maximum Gasteiger partial charge on any atom is 0.335 e. The Morgan fingerprint density at radius 3 is 1.71 bits per heavy atom. The lowest BCUT2D eigenvalue weighted by Gasteiger charge is -2.11. The van der Waals surface area contributed by atoms with Crippen LogP contribution in [0.15, 0.2) is 72.8 Å². The fraction of sp³-hybridized carbons (Fsp3) is 0.0417. The van der Waals surface area contributed by atoms with Gasteiger partial charge in [-0.2, -0.15) is 15.0 Å². The van der Waals surface area contributed by atoms with Gasteiger partial charge in [-0.25, -0.2) is 4.79 Å². The Hall–Kier alpha value is -4.99. The van der Waals surface area contributed by atoms with Crippen molar-refractivity contribution in [3.8, 4) is 17.1 Å². The molecule has 0 aliphatic heterocycles. The van der Waals surface area contributed by atoms with Crippen LogP contribution in [0.5, 0.6) is 5.75 Å². The summed E-state index contributed by atoms with van der Waals surface area (Å²) >= 11 is 0. The molecule has 0 aliphatic carbocycles. The zero-order valence-corrected chi connectivity index (χ0v) is 18.0. The Labute approximate surface area is 194 Å². The van der Waals surface area contributed by atoms with Gasteiger partial charge in [-0.3, -0.25) is 4.79 Å². The number of carbonyl (C=O) groups excluding carboxylic acids is 1. The molecule has 10 nitrogen and oxygen atoms in total. The summed E-state index contributed by atoms with van der Waals surface area (Å²) in [6, 6.07) is 20.0. The Morgan fingerprint density at radius 1 is 0.765 bits per heavy atom. The van der Waals surface area contributed by atoms with E-state index in [2.05, 4.69) is 25.6 Å². The lowest BCUT2D eigenvalue weighted by molar-refractivity contribution is 0.0696. The van der Waals surface area contributed by atoms with E-state index in [0.29, 0.717) is 28.5 Å². The minimum absolute atomic E-state index is 0.168. The summed E-state index contributed by atoms with van der Waals surface area (Å²) in [5, 5.41) is 15.3. The number of nitrogens with two attached hydrogens (primary N) is 1. The first-order chi connectivity index (χ1) is 16.4. The second-order valence-electron chi connectivity index (χ2n) is 7.11. The first-order valence-electron chi connectivity index (χ1n) is 10.1. The SMILES string of the molecule is COc1ccc(-c2nc(Nc3ccc(C(N)=O)cc3)nc(Nc3ccc(C(=O)O)cc3)n2)cc1. The lowest BCUT2D eigenvalue weighted by atomic mass is 10.2. The third-order valence-corrected chi connectivity index (χ3v) is 4.80. The number of hydrogen-bond acceptors (Lipinski definition) is 8. The van der Waals surface area contributed by atoms with Gasteiger partial charge in [0.1, 0.15) is 5.75 Å². The van der Waals surface area contributed by atoms with Crippen LogP contribution in [0, 0.1) is 0 Å². The highest BCUT2D eigenvalue weighted by atomic mass is 16.5. The van der Waals surface area contributed by atoms with Gasteiger partial charge in [-0.15, -0.1) is 0 Å². The predicted octanol–water partition coefficient (Wildman–Crippen LogP) is 3.83. The Bertz CT molecular complexity index is 1250. The van der Waals surface area contributed by atoms with Crippen LogP contribution in [0.1, 0.15) is 20.7 Å². The van der Waals surface area contributed by atoms with Crippen molar-refractivity contribution in [2.24, 2.45) is 5.73 Å². The topological polar surface area (TPSA) is 152 Å². The van der Waals surface area contributed by atoms with E-state index in [0.717, 1.165) is 5.56 Å². The molecule has 3 aromatic carbocycles. The van der Waals surface area contributed by atoms with Crippen molar-refractivity contribution in [2.45, 2.75) is 0 Å². The number of hydrogen-bond donors (Lipinski definition) is 4. The van der Waals surface area contributed by atoms with Crippen molar-refractivity contribution in [1.82, 2.24) is 15.0 Å². The molecule has 5 N–H and O–H groups in total. The fourth-order valence-electron chi connectivity index (χ4n) is 3.03. The smallest absolute Gasteiger partial charge is 0.335 e. The number of carbonyl (C=O) groups is 2. The number of aromatic nitrogens is 3. The van der Waals surface area contributed by atoms with E-state index in [9.17, 15) is 9.59 Å². The minimum Gasteiger partial charge on any atom is -0.497 e. The highest BCUT2D eigenvalue weighted by molar-refractivity contribution is 5.93. The number of benzene rings is 3. The standard InChI is InChI=1S/C24H20N6O4/c1-34-19-12-6-15(7-13-19)21-28-23(26-17-8-2-14(3-9-17)20(25)31)30-24(29-21)27-18-10-4-16(5-11-18)22(32)33/h2-13H,1H3,(H2,25,31)(H,32,33)(H2,26,27,28,29,30). The quantitative estimate of drug-likeness (QED) is 0.310. The third-order valence-electron chi connectivity index (χ3n) is 4.80. The van der Waals surface area contributed by atoms with Crippen molar-refractivity contribution in [1.29, 1.82) is 0 Å². The Balaban J connectivity index is 1.67. The summed E-state index contributed by atoms with van der Waals surface area (Å²) in [6.07, 6.45) is 0. The molecule has 1 aromatic heterocycles. The molecule has 170 valence electrons. The maximum absolute atomic E-state index is 11.3. The monoisotopic (exact) mass is 456 g/mol. The molecule has 4 aromatic rings. The van der Waals surface area contributed by atoms with E-state index in [1.165, 1.54) is 12.1 Å². The largest absolute Gasteiger partial charge is 0.497 e. The van der Waals surface area contributed by atoms with Gasteiger partial charge in [0.2, 0.25) is 17.8 Å². The minimum atomic E-state index is -1.01. The Kier molecular flexibility index (Phi) is 6.31. The average molecular weight is 456 g/mol. The summed E-state index contributed by atoms with van der Waals surface area (Å²) in [4.78, 5) is 35.8. The molecule has 0 bridgehead atoms. The van der Waals surface area contributed by atoms with Crippen molar-refractivity contribution in [2.75, 3.05) is 17.7 Å². The molecular weight excluding hydrogens is 436 g/mol. The van der Waals surface area contributed by atoms with Crippen LogP contribution in [0.2, 0.25) is 0 Å². The van der Waals surface area contributed by atoms with E-state index < -0.39 is 11.9 Å². The van der Waals surface area contributed by atoms with Gasteiger partial charge in [0.25, 0.3) is 0 Å². The first kappa shape index (κ1) is 22.2. The van der Waals surface area contributed by atoms with Crippen LogP contribution in [-0.2, 0) is 0 Å². The van der Waals surface area contributed by atoms with Crippen LogP contribution in [0.4, 0.5) is 23.3 Å². The van der Waals surface area contributed by atoms with Crippen LogP contribution in [-0.4, -0.2) is 39.0 Å². The van der Waals surface area contributed by atoms with E-state index >= 15 is 0 Å². The second-order valence-corrected chi connectivity index (χ2v) is 7.11. The fourth-order valence-corrected chi connectivity index (χ4v) is 3.03. The third kappa shape index (κ3) is 5.25. The summed E-state index contributed by atoms with van der Waals surface area (Å²) in [7, 11) is 1.58. The number of carboxylic acids is 1. The predicted molar refractivity (Wildman–Crippen MR) is 127 cm³/mol. The second kappa shape index (κ2) is 9.65. The molecule has 0 saturated heterocycles. The number of methoxy groups -OCH3 is 1. The maximum atomic E-state index is 11.3. The van der Waals surface area contributed by atoms with Crippen molar-refractivity contribution >= 4 is 35.1 Å². The molecule has 0 fully saturated rings.